The molecule has 8 nitrogen and oxygen atoms in total. The Morgan fingerprint density at radius 3 is 2.31 bits per heavy atom. The van der Waals surface area contributed by atoms with Crippen molar-refractivity contribution in [2.24, 2.45) is 0 Å². The Kier molecular flexibility index (Phi) is 5.92. The first-order valence-corrected chi connectivity index (χ1v) is 9.20. The molecule has 0 aliphatic rings. The lowest BCUT2D eigenvalue weighted by Crippen LogP contribution is -2.44. The minimum absolute atomic E-state index is 0.0537. The molecule has 0 spiro atoms. The molecule has 29 heavy (non-hydrogen) atoms. The number of fused-ring (bicyclic) bond motifs is 1. The van der Waals surface area contributed by atoms with Crippen LogP contribution in [0.25, 0.3) is 10.8 Å². The number of hydrazine groups is 1. The van der Waals surface area contributed by atoms with E-state index in [-0.39, 0.29) is 17.9 Å². The van der Waals surface area contributed by atoms with Crippen LogP contribution in [0.1, 0.15) is 28.5 Å². The van der Waals surface area contributed by atoms with Crippen molar-refractivity contribution in [1.29, 1.82) is 0 Å². The third kappa shape index (κ3) is 4.26. The molecule has 2 N–H and O–H groups in total. The van der Waals surface area contributed by atoms with E-state index in [4.69, 9.17) is 4.74 Å². The van der Waals surface area contributed by atoms with E-state index in [9.17, 15) is 14.4 Å². The summed E-state index contributed by atoms with van der Waals surface area (Å²) < 4.78 is 6.78. The summed E-state index contributed by atoms with van der Waals surface area (Å²) in [6, 6.07) is 12.4. The number of nitrogens with zero attached hydrogens (tertiary/aromatic N) is 2. The zero-order chi connectivity index (χ0) is 21.0. The summed E-state index contributed by atoms with van der Waals surface area (Å²) in [5.41, 5.74) is 6.26. The maximum absolute atomic E-state index is 12.6. The number of benzene rings is 2. The van der Waals surface area contributed by atoms with Gasteiger partial charge in [0.15, 0.2) is 12.3 Å². The third-order valence-corrected chi connectivity index (χ3v) is 4.45. The summed E-state index contributed by atoms with van der Waals surface area (Å²) in [5, 5.41) is 4.93. The number of nitrogens with one attached hydrogen (secondary N) is 2. The summed E-state index contributed by atoms with van der Waals surface area (Å²) in [4.78, 5) is 37.0. The number of hydrogen-bond acceptors (Lipinski definition) is 5. The van der Waals surface area contributed by atoms with Crippen molar-refractivity contribution in [3.8, 4) is 5.75 Å². The monoisotopic (exact) mass is 394 g/mol. The van der Waals surface area contributed by atoms with Crippen molar-refractivity contribution >= 4 is 22.6 Å². The van der Waals surface area contributed by atoms with E-state index in [0.717, 1.165) is 11.1 Å². The van der Waals surface area contributed by atoms with Gasteiger partial charge in [-0.25, -0.2) is 4.68 Å². The second-order valence-electron chi connectivity index (χ2n) is 6.53. The third-order valence-electron chi connectivity index (χ3n) is 4.45. The van der Waals surface area contributed by atoms with Gasteiger partial charge in [0, 0.05) is 11.9 Å². The minimum Gasteiger partial charge on any atom is -0.483 e. The molecule has 2 aromatic carbocycles. The van der Waals surface area contributed by atoms with Crippen molar-refractivity contribution in [3.05, 3.63) is 69.6 Å². The first-order valence-electron chi connectivity index (χ1n) is 9.20. The van der Waals surface area contributed by atoms with Gasteiger partial charge in [0.1, 0.15) is 5.75 Å². The van der Waals surface area contributed by atoms with Crippen LogP contribution in [0.5, 0.6) is 5.75 Å². The fourth-order valence-electron chi connectivity index (χ4n) is 3.00. The zero-order valence-corrected chi connectivity index (χ0v) is 16.5. The summed E-state index contributed by atoms with van der Waals surface area (Å²) in [6.45, 7) is 5.61. The number of carbonyl (C=O) groups excluding carboxylic acids is 2. The van der Waals surface area contributed by atoms with E-state index >= 15 is 0 Å². The van der Waals surface area contributed by atoms with Crippen LogP contribution in [-0.2, 0) is 11.3 Å². The molecule has 150 valence electrons. The first kappa shape index (κ1) is 20.1. The van der Waals surface area contributed by atoms with E-state index in [1.165, 1.54) is 4.68 Å². The van der Waals surface area contributed by atoms with E-state index in [2.05, 4.69) is 16.0 Å². The van der Waals surface area contributed by atoms with Crippen LogP contribution in [0.15, 0.2) is 47.3 Å². The molecule has 0 saturated carbocycles. The number of carbonyl (C=O) groups is 2. The highest BCUT2D eigenvalue weighted by Crippen LogP contribution is 2.22. The highest BCUT2D eigenvalue weighted by molar-refractivity contribution is 6.05. The van der Waals surface area contributed by atoms with Gasteiger partial charge in [-0.1, -0.05) is 36.4 Å². The van der Waals surface area contributed by atoms with Gasteiger partial charge >= 0.3 is 0 Å². The fourth-order valence-corrected chi connectivity index (χ4v) is 3.00. The number of amides is 2. The number of hydrogen-bond donors (Lipinski definition) is 2. The molecule has 0 fully saturated rings. The summed E-state index contributed by atoms with van der Waals surface area (Å²) in [7, 11) is 0. The quantitative estimate of drug-likeness (QED) is 0.643. The van der Waals surface area contributed by atoms with Crippen molar-refractivity contribution < 1.29 is 14.3 Å². The number of aryl methyl sites for hydroxylation is 3. The van der Waals surface area contributed by atoms with Gasteiger partial charge in [-0.2, -0.15) is 5.10 Å². The first-order chi connectivity index (χ1) is 13.9. The largest absolute Gasteiger partial charge is 0.483 e. The molecule has 0 aliphatic carbocycles. The van der Waals surface area contributed by atoms with Crippen LogP contribution < -0.4 is 21.1 Å². The molecular weight excluding hydrogens is 372 g/mol. The summed E-state index contributed by atoms with van der Waals surface area (Å²) in [6.07, 6.45) is 0. The number of rotatable bonds is 5. The van der Waals surface area contributed by atoms with Gasteiger partial charge in [0.05, 0.1) is 5.39 Å². The Hall–Kier alpha value is -3.68. The average molecular weight is 394 g/mol. The zero-order valence-electron chi connectivity index (χ0n) is 16.5. The Morgan fingerprint density at radius 1 is 1.00 bits per heavy atom. The van der Waals surface area contributed by atoms with Crippen LogP contribution in [0.2, 0.25) is 0 Å². The van der Waals surface area contributed by atoms with Gasteiger partial charge < -0.3 is 4.74 Å². The maximum Gasteiger partial charge on any atom is 0.290 e. The van der Waals surface area contributed by atoms with Crippen molar-refractivity contribution in [2.75, 3.05) is 6.61 Å². The molecule has 0 radical (unpaired) electrons. The SMILES string of the molecule is CCn1nc(C(=O)NNC(=O)COc2c(C)cccc2C)c2ccccc2c1=O. The maximum atomic E-state index is 12.6. The molecular formula is C21H22N4O4. The molecule has 3 rings (SSSR count). The minimum atomic E-state index is -0.621. The van der Waals surface area contributed by atoms with Gasteiger partial charge in [-0.3, -0.25) is 25.2 Å². The van der Waals surface area contributed by atoms with Gasteiger partial charge in [-0.05, 0) is 38.0 Å². The predicted octanol–water partition coefficient (Wildman–Crippen LogP) is 1.87. The molecule has 0 unspecified atom stereocenters. The van der Waals surface area contributed by atoms with E-state index in [1.807, 2.05) is 32.0 Å². The summed E-state index contributed by atoms with van der Waals surface area (Å²) >= 11 is 0. The lowest BCUT2D eigenvalue weighted by molar-refractivity contribution is -0.123. The second kappa shape index (κ2) is 8.55. The molecule has 0 saturated heterocycles. The smallest absolute Gasteiger partial charge is 0.290 e. The lowest BCUT2D eigenvalue weighted by atomic mass is 10.1. The van der Waals surface area contributed by atoms with Crippen molar-refractivity contribution in [3.63, 3.8) is 0 Å². The number of para-hydroxylation sites is 1. The molecule has 2 amide bonds. The Balaban J connectivity index is 1.70. The van der Waals surface area contributed by atoms with Crippen LogP contribution >= 0.6 is 0 Å². The van der Waals surface area contributed by atoms with Gasteiger partial charge in [0.25, 0.3) is 17.4 Å². The van der Waals surface area contributed by atoms with Crippen molar-refractivity contribution in [2.45, 2.75) is 27.3 Å². The van der Waals surface area contributed by atoms with Crippen LogP contribution in [0.4, 0.5) is 0 Å². The normalized spacial score (nSPS) is 10.6. The van der Waals surface area contributed by atoms with E-state index < -0.39 is 11.8 Å². The molecule has 1 heterocycles. The molecule has 8 heteroatoms. The molecule has 1 aromatic heterocycles. The van der Waals surface area contributed by atoms with Crippen LogP contribution in [0.3, 0.4) is 0 Å². The van der Waals surface area contributed by atoms with Crippen LogP contribution in [0, 0.1) is 13.8 Å². The van der Waals surface area contributed by atoms with Gasteiger partial charge in [0.2, 0.25) is 0 Å². The van der Waals surface area contributed by atoms with Crippen molar-refractivity contribution in [1.82, 2.24) is 20.6 Å². The molecule has 3 aromatic rings. The molecule has 0 aliphatic heterocycles. The van der Waals surface area contributed by atoms with E-state index in [1.54, 1.807) is 31.2 Å². The van der Waals surface area contributed by atoms with E-state index in [0.29, 0.717) is 23.1 Å². The highest BCUT2D eigenvalue weighted by atomic mass is 16.5. The number of aromatic nitrogens is 2. The fraction of sp³-hybridized carbons (Fsp3) is 0.238. The van der Waals surface area contributed by atoms with Gasteiger partial charge in [-0.15, -0.1) is 0 Å². The Bertz CT molecular complexity index is 1120. The Morgan fingerprint density at radius 2 is 1.66 bits per heavy atom. The lowest BCUT2D eigenvalue weighted by Gasteiger charge is -2.13. The molecule has 0 bridgehead atoms. The molecule has 0 atom stereocenters. The predicted molar refractivity (Wildman–Crippen MR) is 109 cm³/mol. The second-order valence-corrected chi connectivity index (χ2v) is 6.53. The number of ether oxygens (including phenoxy) is 1. The topological polar surface area (TPSA) is 102 Å². The highest BCUT2D eigenvalue weighted by Gasteiger charge is 2.17. The summed E-state index contributed by atoms with van der Waals surface area (Å²) in [5.74, 6) is -0.505. The average Bonchev–Trinajstić information content (AvgIpc) is 2.72. The standard InChI is InChI=1S/C21H22N4O4/c1-4-25-21(28)16-11-6-5-10-15(16)18(24-25)20(27)23-22-17(26)12-29-19-13(2)8-7-9-14(19)3/h5-11H,4,12H2,1-3H3,(H,22,26)(H,23,27). The van der Waals surface area contributed by atoms with Crippen LogP contribution in [-0.4, -0.2) is 28.2 Å². The Labute approximate surface area is 167 Å².